The van der Waals surface area contributed by atoms with Gasteiger partial charge in [0.15, 0.2) is 15.7 Å². The van der Waals surface area contributed by atoms with Crippen LogP contribution in [0, 0.1) is 0 Å². The number of aromatic nitrogens is 3. The van der Waals surface area contributed by atoms with E-state index in [1.54, 1.807) is 18.5 Å². The summed E-state index contributed by atoms with van der Waals surface area (Å²) in [6.07, 6.45) is 6.79. The van der Waals surface area contributed by atoms with Crippen LogP contribution in [0.3, 0.4) is 0 Å². The summed E-state index contributed by atoms with van der Waals surface area (Å²) >= 11 is 0. The summed E-state index contributed by atoms with van der Waals surface area (Å²) in [6.45, 7) is 4.14. The Morgan fingerprint density at radius 1 is 1.14 bits per heavy atom. The molecule has 1 saturated heterocycles. The van der Waals surface area contributed by atoms with E-state index in [4.69, 9.17) is 0 Å². The molecule has 2 aromatic heterocycles. The van der Waals surface area contributed by atoms with Crippen molar-refractivity contribution < 1.29 is 8.42 Å². The molecule has 1 atom stereocenters. The first kappa shape index (κ1) is 18.9. The lowest BCUT2D eigenvalue weighted by atomic mass is 10.00. The van der Waals surface area contributed by atoms with Crippen LogP contribution >= 0.6 is 0 Å². The molecule has 1 N–H and O–H groups in total. The molecule has 0 radical (unpaired) electrons. The highest BCUT2D eigenvalue weighted by Gasteiger charge is 2.24. The number of benzene rings is 1. The van der Waals surface area contributed by atoms with Crippen LogP contribution in [0.25, 0.3) is 5.52 Å². The molecule has 1 fully saturated rings. The number of nitrogens with one attached hydrogen (secondary N) is 1. The molecule has 3 heterocycles. The Balaban J connectivity index is 1.38. The van der Waals surface area contributed by atoms with Crippen molar-refractivity contribution in [2.45, 2.75) is 36.7 Å². The highest BCUT2D eigenvalue weighted by atomic mass is 32.2. The molecule has 0 saturated carbocycles. The SMILES string of the molecule is CC(c1ccc(S(C)(=O)=O)cc1)N1CCC(Nc2ncnn3cccc23)CC1. The van der Waals surface area contributed by atoms with Gasteiger partial charge in [-0.2, -0.15) is 5.10 Å². The van der Waals surface area contributed by atoms with E-state index in [0.717, 1.165) is 42.8 Å². The molecular formula is C20H25N5O2S. The summed E-state index contributed by atoms with van der Waals surface area (Å²) in [5.41, 5.74) is 2.13. The molecule has 28 heavy (non-hydrogen) atoms. The van der Waals surface area contributed by atoms with Crippen molar-refractivity contribution in [3.63, 3.8) is 0 Å². The van der Waals surface area contributed by atoms with Crippen molar-refractivity contribution in [1.82, 2.24) is 19.5 Å². The number of hydrogen-bond acceptors (Lipinski definition) is 6. The lowest BCUT2D eigenvalue weighted by Crippen LogP contribution is -2.40. The van der Waals surface area contributed by atoms with Crippen LogP contribution in [0.15, 0.2) is 53.8 Å². The highest BCUT2D eigenvalue weighted by Crippen LogP contribution is 2.26. The largest absolute Gasteiger partial charge is 0.365 e. The first-order valence-corrected chi connectivity index (χ1v) is 11.4. The van der Waals surface area contributed by atoms with Gasteiger partial charge in [0.1, 0.15) is 11.8 Å². The van der Waals surface area contributed by atoms with E-state index in [1.165, 1.54) is 6.26 Å². The monoisotopic (exact) mass is 399 g/mol. The summed E-state index contributed by atoms with van der Waals surface area (Å²) in [5.74, 6) is 0.878. The standard InChI is InChI=1S/C20H25N5O2S/c1-15(16-5-7-18(8-6-16)28(2,26)27)24-12-9-17(10-13-24)23-20-19-4-3-11-25(19)22-14-21-20/h3-8,11,14-15,17H,9-10,12-13H2,1-2H3,(H,21,22,23). The molecule has 3 aromatic rings. The number of anilines is 1. The lowest BCUT2D eigenvalue weighted by Gasteiger charge is -2.36. The van der Waals surface area contributed by atoms with E-state index in [1.807, 2.05) is 35.0 Å². The predicted octanol–water partition coefficient (Wildman–Crippen LogP) is 2.77. The van der Waals surface area contributed by atoms with Gasteiger partial charge < -0.3 is 5.32 Å². The molecule has 1 aliphatic heterocycles. The molecule has 1 unspecified atom stereocenters. The minimum Gasteiger partial charge on any atom is -0.365 e. The molecule has 8 heteroatoms. The maximum atomic E-state index is 11.6. The van der Waals surface area contributed by atoms with Crippen LogP contribution in [0.1, 0.15) is 31.4 Å². The van der Waals surface area contributed by atoms with E-state index in [9.17, 15) is 8.42 Å². The fraction of sp³-hybridized carbons (Fsp3) is 0.400. The third kappa shape index (κ3) is 3.88. The van der Waals surface area contributed by atoms with Gasteiger partial charge in [-0.15, -0.1) is 0 Å². The van der Waals surface area contributed by atoms with E-state index < -0.39 is 9.84 Å². The fourth-order valence-corrected chi connectivity index (χ4v) is 4.44. The Hall–Kier alpha value is -2.45. The van der Waals surface area contributed by atoms with Crippen LogP contribution in [0.4, 0.5) is 5.82 Å². The van der Waals surface area contributed by atoms with E-state index in [-0.39, 0.29) is 6.04 Å². The van der Waals surface area contributed by atoms with Crippen LogP contribution in [0.5, 0.6) is 0 Å². The quantitative estimate of drug-likeness (QED) is 0.711. The van der Waals surface area contributed by atoms with Crippen molar-refractivity contribution in [3.8, 4) is 0 Å². The van der Waals surface area contributed by atoms with Crippen molar-refractivity contribution in [3.05, 3.63) is 54.5 Å². The van der Waals surface area contributed by atoms with E-state index in [0.29, 0.717) is 10.9 Å². The molecular weight excluding hydrogens is 374 g/mol. The first-order valence-electron chi connectivity index (χ1n) is 9.51. The average Bonchev–Trinajstić information content (AvgIpc) is 3.17. The molecule has 7 nitrogen and oxygen atoms in total. The maximum absolute atomic E-state index is 11.6. The molecule has 0 aliphatic carbocycles. The normalized spacial score (nSPS) is 17.6. The van der Waals surface area contributed by atoms with Gasteiger partial charge >= 0.3 is 0 Å². The van der Waals surface area contributed by atoms with Gasteiger partial charge in [-0.1, -0.05) is 12.1 Å². The third-order valence-electron chi connectivity index (χ3n) is 5.54. The van der Waals surface area contributed by atoms with E-state index in [2.05, 4.69) is 27.2 Å². The Morgan fingerprint density at radius 2 is 1.86 bits per heavy atom. The molecule has 4 rings (SSSR count). The zero-order chi connectivity index (χ0) is 19.7. The Morgan fingerprint density at radius 3 is 2.54 bits per heavy atom. The van der Waals surface area contributed by atoms with Crippen LogP contribution in [0.2, 0.25) is 0 Å². The average molecular weight is 400 g/mol. The van der Waals surface area contributed by atoms with Crippen molar-refractivity contribution >= 4 is 21.2 Å². The zero-order valence-electron chi connectivity index (χ0n) is 16.1. The van der Waals surface area contributed by atoms with Gasteiger partial charge in [0, 0.05) is 37.6 Å². The molecule has 1 aromatic carbocycles. The van der Waals surface area contributed by atoms with Gasteiger partial charge in [-0.3, -0.25) is 4.90 Å². The van der Waals surface area contributed by atoms with Gasteiger partial charge in [-0.25, -0.2) is 17.9 Å². The fourth-order valence-electron chi connectivity index (χ4n) is 3.81. The van der Waals surface area contributed by atoms with Crippen LogP contribution < -0.4 is 5.32 Å². The number of rotatable bonds is 5. The summed E-state index contributed by atoms with van der Waals surface area (Å²) in [6, 6.07) is 11.9. The van der Waals surface area contributed by atoms with Crippen molar-refractivity contribution in [1.29, 1.82) is 0 Å². The second-order valence-electron chi connectivity index (χ2n) is 7.42. The maximum Gasteiger partial charge on any atom is 0.175 e. The summed E-state index contributed by atoms with van der Waals surface area (Å²) in [4.78, 5) is 7.21. The molecule has 148 valence electrons. The third-order valence-corrected chi connectivity index (χ3v) is 6.67. The Bertz CT molecular complexity index is 1050. The Labute approximate surface area is 165 Å². The van der Waals surface area contributed by atoms with Crippen molar-refractivity contribution in [2.24, 2.45) is 0 Å². The molecule has 0 amide bonds. The lowest BCUT2D eigenvalue weighted by molar-refractivity contribution is 0.167. The van der Waals surface area contributed by atoms with E-state index >= 15 is 0 Å². The second-order valence-corrected chi connectivity index (χ2v) is 9.43. The first-order chi connectivity index (χ1) is 13.4. The minimum atomic E-state index is -3.15. The second kappa shape index (κ2) is 7.52. The smallest absolute Gasteiger partial charge is 0.175 e. The molecule has 1 aliphatic rings. The minimum absolute atomic E-state index is 0.256. The van der Waals surface area contributed by atoms with Gasteiger partial charge in [0.2, 0.25) is 0 Å². The van der Waals surface area contributed by atoms with Gasteiger partial charge in [0.25, 0.3) is 0 Å². The van der Waals surface area contributed by atoms with Gasteiger partial charge in [0.05, 0.1) is 4.90 Å². The van der Waals surface area contributed by atoms with Crippen molar-refractivity contribution in [2.75, 3.05) is 24.7 Å². The molecule has 0 spiro atoms. The summed E-state index contributed by atoms with van der Waals surface area (Å²) < 4.78 is 25.1. The number of hydrogen-bond donors (Lipinski definition) is 1. The topological polar surface area (TPSA) is 79.6 Å². The Kier molecular flexibility index (Phi) is 5.07. The van der Waals surface area contributed by atoms with Crippen LogP contribution in [-0.4, -0.2) is 53.3 Å². The number of likely N-dealkylation sites (tertiary alicyclic amines) is 1. The van der Waals surface area contributed by atoms with Gasteiger partial charge in [-0.05, 0) is 49.6 Å². The highest BCUT2D eigenvalue weighted by molar-refractivity contribution is 7.90. The van der Waals surface area contributed by atoms with Crippen LogP contribution in [-0.2, 0) is 9.84 Å². The zero-order valence-corrected chi connectivity index (χ0v) is 16.9. The number of fused-ring (bicyclic) bond motifs is 1. The predicted molar refractivity (Wildman–Crippen MR) is 109 cm³/mol. The summed E-state index contributed by atoms with van der Waals surface area (Å²) in [7, 11) is -3.15. The summed E-state index contributed by atoms with van der Waals surface area (Å²) in [5, 5.41) is 7.77. The number of sulfone groups is 1. The number of nitrogens with zero attached hydrogens (tertiary/aromatic N) is 4. The number of piperidine rings is 1. The molecule has 0 bridgehead atoms.